The summed E-state index contributed by atoms with van der Waals surface area (Å²) in [6, 6.07) is 6.62. The average molecular weight is 279 g/mol. The lowest BCUT2D eigenvalue weighted by atomic mass is 10.1. The first kappa shape index (κ1) is 13.8. The van der Waals surface area contributed by atoms with Crippen LogP contribution in [0.25, 0.3) is 0 Å². The molecule has 2 aromatic rings. The fourth-order valence-electron chi connectivity index (χ4n) is 1.65. The smallest absolute Gasteiger partial charge is 0.259 e. The molecular weight excluding hydrogens is 268 g/mol. The molecule has 0 aliphatic heterocycles. The molecule has 0 aromatic heterocycles. The second-order valence-electron chi connectivity index (χ2n) is 3.96. The topological polar surface area (TPSA) is 58.6 Å². The number of phenols is 1. The summed E-state index contributed by atoms with van der Waals surface area (Å²) in [4.78, 5) is 12.0. The molecule has 0 aliphatic rings. The monoisotopic (exact) mass is 279 g/mol. The van der Waals surface area contributed by atoms with Crippen LogP contribution < -0.4 is 10.1 Å². The van der Waals surface area contributed by atoms with Gasteiger partial charge in [0.25, 0.3) is 5.91 Å². The zero-order valence-corrected chi connectivity index (χ0v) is 10.5. The Morgan fingerprint density at radius 2 is 1.80 bits per heavy atom. The van der Waals surface area contributed by atoms with Gasteiger partial charge in [0.15, 0.2) is 0 Å². The number of halogens is 2. The van der Waals surface area contributed by atoms with E-state index in [1.165, 1.54) is 13.2 Å². The van der Waals surface area contributed by atoms with Crippen LogP contribution in [0.15, 0.2) is 36.4 Å². The van der Waals surface area contributed by atoms with Crippen LogP contribution in [0.3, 0.4) is 0 Å². The molecule has 0 atom stereocenters. The molecule has 0 bridgehead atoms. The molecular formula is C14H11F2NO3. The minimum Gasteiger partial charge on any atom is -0.507 e. The van der Waals surface area contributed by atoms with Crippen molar-refractivity contribution in [2.75, 3.05) is 12.4 Å². The predicted octanol–water partition coefficient (Wildman–Crippen LogP) is 2.93. The summed E-state index contributed by atoms with van der Waals surface area (Å²) >= 11 is 0. The number of hydrogen-bond acceptors (Lipinski definition) is 3. The lowest BCUT2D eigenvalue weighted by molar-refractivity contribution is 0.102. The zero-order chi connectivity index (χ0) is 14.7. The number of amides is 1. The number of methoxy groups -OCH3 is 1. The van der Waals surface area contributed by atoms with Crippen LogP contribution in [0.2, 0.25) is 0 Å². The molecule has 4 nitrogen and oxygen atoms in total. The maximum Gasteiger partial charge on any atom is 0.259 e. The number of carbonyl (C=O) groups excluding carboxylic acids is 1. The van der Waals surface area contributed by atoms with E-state index in [1.54, 1.807) is 0 Å². The Kier molecular flexibility index (Phi) is 3.84. The van der Waals surface area contributed by atoms with Crippen molar-refractivity contribution in [2.24, 2.45) is 0 Å². The third-order valence-electron chi connectivity index (χ3n) is 2.62. The van der Waals surface area contributed by atoms with Gasteiger partial charge in [-0.25, -0.2) is 8.78 Å². The summed E-state index contributed by atoms with van der Waals surface area (Å²) < 4.78 is 30.8. The number of phenolic OH excluding ortho intramolecular Hbond substituents is 1. The molecule has 2 aromatic carbocycles. The van der Waals surface area contributed by atoms with Gasteiger partial charge in [0.1, 0.15) is 23.1 Å². The minimum atomic E-state index is -0.660. The molecule has 0 spiro atoms. The van der Waals surface area contributed by atoms with Crippen molar-refractivity contribution in [2.45, 2.75) is 0 Å². The van der Waals surface area contributed by atoms with Gasteiger partial charge in [-0.3, -0.25) is 4.79 Å². The van der Waals surface area contributed by atoms with Gasteiger partial charge in [0.05, 0.1) is 18.4 Å². The molecule has 1 amide bonds. The summed E-state index contributed by atoms with van der Waals surface area (Å²) in [6.07, 6.45) is 0. The number of anilines is 1. The Bertz CT molecular complexity index is 659. The maximum absolute atomic E-state index is 13.0. The average Bonchev–Trinajstić information content (AvgIpc) is 2.40. The maximum atomic E-state index is 13.0. The Morgan fingerprint density at radius 1 is 1.15 bits per heavy atom. The molecule has 0 fully saturated rings. The Morgan fingerprint density at radius 3 is 2.45 bits per heavy atom. The lowest BCUT2D eigenvalue weighted by Gasteiger charge is -2.10. The highest BCUT2D eigenvalue weighted by Crippen LogP contribution is 2.26. The number of benzene rings is 2. The van der Waals surface area contributed by atoms with E-state index in [1.807, 2.05) is 0 Å². The molecule has 6 heteroatoms. The van der Waals surface area contributed by atoms with Gasteiger partial charge in [0, 0.05) is 12.1 Å². The summed E-state index contributed by atoms with van der Waals surface area (Å²) in [5.74, 6) is -2.17. The van der Waals surface area contributed by atoms with Crippen LogP contribution in [0.4, 0.5) is 14.5 Å². The van der Waals surface area contributed by atoms with Gasteiger partial charge < -0.3 is 15.2 Å². The van der Waals surface area contributed by atoms with Crippen molar-refractivity contribution in [1.29, 1.82) is 0 Å². The van der Waals surface area contributed by atoms with E-state index >= 15 is 0 Å². The van der Waals surface area contributed by atoms with E-state index in [4.69, 9.17) is 4.74 Å². The van der Waals surface area contributed by atoms with Gasteiger partial charge >= 0.3 is 0 Å². The van der Waals surface area contributed by atoms with E-state index < -0.39 is 23.3 Å². The van der Waals surface area contributed by atoms with Crippen molar-refractivity contribution < 1.29 is 23.4 Å². The highest BCUT2D eigenvalue weighted by atomic mass is 19.1. The van der Waals surface area contributed by atoms with Crippen molar-refractivity contribution in [1.82, 2.24) is 0 Å². The van der Waals surface area contributed by atoms with E-state index in [9.17, 15) is 18.7 Å². The Hall–Kier alpha value is -2.63. The quantitative estimate of drug-likeness (QED) is 0.908. The lowest BCUT2D eigenvalue weighted by Crippen LogP contribution is -2.13. The SMILES string of the molecule is COc1cc(F)ccc1NC(=O)c1ccc(F)cc1O. The number of aromatic hydroxyl groups is 1. The highest BCUT2D eigenvalue weighted by molar-refractivity contribution is 6.06. The van der Waals surface area contributed by atoms with E-state index in [-0.39, 0.29) is 17.0 Å². The van der Waals surface area contributed by atoms with E-state index in [0.29, 0.717) is 0 Å². The standard InChI is InChI=1S/C14H11F2NO3/c1-20-13-7-9(16)3-5-11(13)17-14(19)10-4-2-8(15)6-12(10)18/h2-7,18H,1H3,(H,17,19). The largest absolute Gasteiger partial charge is 0.507 e. The second kappa shape index (κ2) is 5.56. The van der Waals surface area contributed by atoms with Crippen molar-refractivity contribution in [3.8, 4) is 11.5 Å². The predicted molar refractivity (Wildman–Crippen MR) is 69.0 cm³/mol. The highest BCUT2D eigenvalue weighted by Gasteiger charge is 2.14. The fraction of sp³-hybridized carbons (Fsp3) is 0.0714. The van der Waals surface area contributed by atoms with Gasteiger partial charge in [-0.2, -0.15) is 0 Å². The van der Waals surface area contributed by atoms with Crippen LogP contribution in [0, 0.1) is 11.6 Å². The van der Waals surface area contributed by atoms with Crippen LogP contribution in [0.1, 0.15) is 10.4 Å². The van der Waals surface area contributed by atoms with Crippen LogP contribution in [-0.2, 0) is 0 Å². The third kappa shape index (κ3) is 2.85. The second-order valence-corrected chi connectivity index (χ2v) is 3.96. The first-order chi connectivity index (χ1) is 9.51. The number of carbonyl (C=O) groups is 1. The van der Waals surface area contributed by atoms with E-state index in [2.05, 4.69) is 5.32 Å². The van der Waals surface area contributed by atoms with Gasteiger partial charge in [-0.1, -0.05) is 0 Å². The molecule has 0 unspecified atom stereocenters. The molecule has 0 saturated carbocycles. The van der Waals surface area contributed by atoms with Gasteiger partial charge in [-0.15, -0.1) is 0 Å². The molecule has 104 valence electrons. The molecule has 0 saturated heterocycles. The van der Waals surface area contributed by atoms with Crippen LogP contribution in [-0.4, -0.2) is 18.1 Å². The first-order valence-electron chi connectivity index (χ1n) is 5.64. The minimum absolute atomic E-state index is 0.0993. The Balaban J connectivity index is 2.28. The first-order valence-corrected chi connectivity index (χ1v) is 5.64. The fourth-order valence-corrected chi connectivity index (χ4v) is 1.65. The van der Waals surface area contributed by atoms with Crippen LogP contribution >= 0.6 is 0 Å². The zero-order valence-electron chi connectivity index (χ0n) is 10.5. The van der Waals surface area contributed by atoms with Crippen molar-refractivity contribution >= 4 is 11.6 Å². The molecule has 2 N–H and O–H groups in total. The van der Waals surface area contributed by atoms with Crippen LogP contribution in [0.5, 0.6) is 11.5 Å². The number of nitrogens with one attached hydrogen (secondary N) is 1. The summed E-state index contributed by atoms with van der Waals surface area (Å²) in [6.45, 7) is 0. The van der Waals surface area contributed by atoms with Gasteiger partial charge in [-0.05, 0) is 24.3 Å². The summed E-state index contributed by atoms with van der Waals surface area (Å²) in [5.41, 5.74) is 0.139. The normalized spacial score (nSPS) is 10.2. The summed E-state index contributed by atoms with van der Waals surface area (Å²) in [7, 11) is 1.33. The van der Waals surface area contributed by atoms with E-state index in [0.717, 1.165) is 30.3 Å². The third-order valence-corrected chi connectivity index (χ3v) is 2.62. The van der Waals surface area contributed by atoms with Crippen molar-refractivity contribution in [3.63, 3.8) is 0 Å². The molecule has 20 heavy (non-hydrogen) atoms. The number of ether oxygens (including phenoxy) is 1. The Labute approximate surface area is 113 Å². The molecule has 0 heterocycles. The molecule has 0 aliphatic carbocycles. The summed E-state index contributed by atoms with van der Waals surface area (Å²) in [5, 5.41) is 12.0. The van der Waals surface area contributed by atoms with Crippen molar-refractivity contribution in [3.05, 3.63) is 53.6 Å². The molecule has 0 radical (unpaired) electrons. The number of hydrogen-bond donors (Lipinski definition) is 2. The number of rotatable bonds is 3. The van der Waals surface area contributed by atoms with Gasteiger partial charge in [0.2, 0.25) is 0 Å². The molecule has 2 rings (SSSR count).